The Kier molecular flexibility index (Phi) is 6.33. The summed E-state index contributed by atoms with van der Waals surface area (Å²) in [4.78, 5) is 20.4. The van der Waals surface area contributed by atoms with Gasteiger partial charge in [0.15, 0.2) is 6.61 Å². The second-order valence-electron chi connectivity index (χ2n) is 7.39. The van der Waals surface area contributed by atoms with Gasteiger partial charge in [0.2, 0.25) is 10.0 Å². The van der Waals surface area contributed by atoms with Crippen molar-refractivity contribution in [2.75, 3.05) is 49.5 Å². The van der Waals surface area contributed by atoms with Gasteiger partial charge in [0.25, 0.3) is 5.91 Å². The molecule has 0 aliphatic carbocycles. The van der Waals surface area contributed by atoms with Crippen LogP contribution in [0.1, 0.15) is 12.5 Å². The lowest BCUT2D eigenvalue weighted by atomic mass is 10.2. The molecule has 1 fully saturated rings. The molecule has 1 aromatic carbocycles. The summed E-state index contributed by atoms with van der Waals surface area (Å²) in [6.45, 7) is 6.97. The van der Waals surface area contributed by atoms with Gasteiger partial charge in [-0.3, -0.25) is 4.79 Å². The molecule has 0 saturated carbocycles. The van der Waals surface area contributed by atoms with Crippen LogP contribution in [0.2, 0.25) is 5.02 Å². The molecule has 9 nitrogen and oxygen atoms in total. The van der Waals surface area contributed by atoms with Crippen LogP contribution in [0.5, 0.6) is 5.75 Å². The summed E-state index contributed by atoms with van der Waals surface area (Å²) in [5, 5.41) is 2.59. The number of anilines is 2. The third kappa shape index (κ3) is 4.93. The SMILES string of the molecule is CCN1CCN(c2ccc(CNS(=O)(=O)c3cc4c(cc3Cl)NC(=O)CO4)cn2)CC1. The van der Waals surface area contributed by atoms with Gasteiger partial charge in [-0.05, 0) is 24.2 Å². The summed E-state index contributed by atoms with van der Waals surface area (Å²) in [7, 11) is -3.89. The van der Waals surface area contributed by atoms with Crippen LogP contribution < -0.4 is 19.7 Å². The van der Waals surface area contributed by atoms with Crippen LogP contribution in [0.3, 0.4) is 0 Å². The predicted octanol–water partition coefficient (Wildman–Crippen LogP) is 1.69. The van der Waals surface area contributed by atoms with Gasteiger partial charge < -0.3 is 19.9 Å². The molecule has 0 radical (unpaired) electrons. The molecule has 2 N–H and O–H groups in total. The van der Waals surface area contributed by atoms with Crippen molar-refractivity contribution < 1.29 is 17.9 Å². The number of amides is 1. The molecule has 2 aliphatic heterocycles. The zero-order valence-electron chi connectivity index (χ0n) is 17.1. The van der Waals surface area contributed by atoms with Gasteiger partial charge in [-0.15, -0.1) is 0 Å². The van der Waals surface area contributed by atoms with Crippen molar-refractivity contribution in [3.8, 4) is 5.75 Å². The van der Waals surface area contributed by atoms with Crippen molar-refractivity contribution in [3.63, 3.8) is 0 Å². The summed E-state index contributed by atoms with van der Waals surface area (Å²) in [6, 6.07) is 6.46. The third-order valence-electron chi connectivity index (χ3n) is 5.38. The van der Waals surface area contributed by atoms with E-state index >= 15 is 0 Å². The Labute approximate surface area is 186 Å². The monoisotopic (exact) mass is 465 g/mol. The lowest BCUT2D eigenvalue weighted by molar-refractivity contribution is -0.118. The molecule has 31 heavy (non-hydrogen) atoms. The standard InChI is InChI=1S/C20H24ClN5O4S/c1-2-25-5-7-26(8-6-25)19-4-3-14(11-22-19)12-23-31(28,29)18-10-17-16(9-15(18)21)24-20(27)13-30-17/h3-4,9-11,23H,2,5-8,12-13H2,1H3,(H,24,27). The van der Waals surface area contributed by atoms with E-state index in [1.54, 1.807) is 6.20 Å². The highest BCUT2D eigenvalue weighted by molar-refractivity contribution is 7.89. The van der Waals surface area contributed by atoms with E-state index in [9.17, 15) is 13.2 Å². The first-order valence-corrected chi connectivity index (χ1v) is 11.9. The zero-order valence-corrected chi connectivity index (χ0v) is 18.7. The summed E-state index contributed by atoms with van der Waals surface area (Å²) in [6.07, 6.45) is 1.68. The first kappa shape index (κ1) is 21.8. The summed E-state index contributed by atoms with van der Waals surface area (Å²) in [5.41, 5.74) is 1.08. The van der Waals surface area contributed by atoms with E-state index in [-0.39, 0.29) is 34.7 Å². The average Bonchev–Trinajstić information content (AvgIpc) is 2.77. The van der Waals surface area contributed by atoms with Crippen molar-refractivity contribution in [3.05, 3.63) is 41.0 Å². The number of carbonyl (C=O) groups is 1. The molecule has 1 aromatic heterocycles. The number of rotatable bonds is 6. The highest BCUT2D eigenvalue weighted by Gasteiger charge is 2.24. The molecule has 2 aromatic rings. The molecule has 11 heteroatoms. The van der Waals surface area contributed by atoms with Gasteiger partial charge in [-0.25, -0.2) is 18.1 Å². The molecule has 0 spiro atoms. The number of aromatic nitrogens is 1. The maximum Gasteiger partial charge on any atom is 0.262 e. The van der Waals surface area contributed by atoms with Crippen molar-refractivity contribution in [1.82, 2.24) is 14.6 Å². The molecule has 4 rings (SSSR count). The van der Waals surface area contributed by atoms with Crippen LogP contribution >= 0.6 is 11.6 Å². The first-order valence-electron chi connectivity index (χ1n) is 10.0. The zero-order chi connectivity index (χ0) is 22.0. The number of carbonyl (C=O) groups excluding carboxylic acids is 1. The van der Waals surface area contributed by atoms with Crippen LogP contribution in [0, 0.1) is 0 Å². The number of pyridine rings is 1. The Morgan fingerprint density at radius 3 is 2.68 bits per heavy atom. The Hall–Kier alpha value is -2.40. The van der Waals surface area contributed by atoms with Crippen LogP contribution in [0.25, 0.3) is 0 Å². The van der Waals surface area contributed by atoms with E-state index in [2.05, 4.69) is 31.7 Å². The number of hydrogen-bond acceptors (Lipinski definition) is 7. The normalized spacial score (nSPS) is 17.1. The van der Waals surface area contributed by atoms with Crippen LogP contribution in [-0.2, 0) is 21.4 Å². The largest absolute Gasteiger partial charge is 0.482 e. The van der Waals surface area contributed by atoms with Gasteiger partial charge in [-0.2, -0.15) is 0 Å². The average molecular weight is 466 g/mol. The summed E-state index contributed by atoms with van der Waals surface area (Å²) in [5.74, 6) is 0.832. The lowest BCUT2D eigenvalue weighted by Gasteiger charge is -2.34. The van der Waals surface area contributed by atoms with E-state index in [1.165, 1.54) is 12.1 Å². The third-order valence-corrected chi connectivity index (χ3v) is 7.24. The molecule has 0 bridgehead atoms. The molecule has 2 aliphatic rings. The number of fused-ring (bicyclic) bond motifs is 1. The van der Waals surface area contributed by atoms with E-state index in [0.29, 0.717) is 5.69 Å². The number of nitrogens with zero attached hydrogens (tertiary/aromatic N) is 3. The van der Waals surface area contributed by atoms with Crippen LogP contribution in [0.4, 0.5) is 11.5 Å². The quantitative estimate of drug-likeness (QED) is 0.669. The van der Waals surface area contributed by atoms with Gasteiger partial charge >= 0.3 is 0 Å². The van der Waals surface area contributed by atoms with Gasteiger partial charge in [0, 0.05) is 45.0 Å². The Balaban J connectivity index is 1.41. The predicted molar refractivity (Wildman–Crippen MR) is 118 cm³/mol. The van der Waals surface area contributed by atoms with Crippen molar-refractivity contribution in [2.24, 2.45) is 0 Å². The number of sulfonamides is 1. The molecule has 0 unspecified atom stereocenters. The number of nitrogens with one attached hydrogen (secondary N) is 2. The van der Waals surface area contributed by atoms with E-state index in [0.717, 1.165) is 44.1 Å². The highest BCUT2D eigenvalue weighted by Crippen LogP contribution is 2.35. The van der Waals surface area contributed by atoms with Crippen LogP contribution in [-0.4, -0.2) is 63.5 Å². The number of ether oxygens (including phenoxy) is 1. The number of hydrogen-bond donors (Lipinski definition) is 2. The number of likely N-dealkylation sites (N-methyl/N-ethyl adjacent to an activating group) is 1. The molecule has 0 atom stereocenters. The molecular weight excluding hydrogens is 442 g/mol. The molecule has 3 heterocycles. The number of benzene rings is 1. The van der Waals surface area contributed by atoms with Gasteiger partial charge in [0.05, 0.1) is 10.7 Å². The second-order valence-corrected chi connectivity index (χ2v) is 9.53. The first-order chi connectivity index (χ1) is 14.9. The number of piperazine rings is 1. The van der Waals surface area contributed by atoms with Crippen LogP contribution in [0.15, 0.2) is 35.4 Å². The second kappa shape index (κ2) is 8.99. The van der Waals surface area contributed by atoms with Gasteiger partial charge in [0.1, 0.15) is 16.5 Å². The molecule has 1 saturated heterocycles. The minimum Gasteiger partial charge on any atom is -0.482 e. The summed E-state index contributed by atoms with van der Waals surface area (Å²) < 4.78 is 33.4. The topological polar surface area (TPSA) is 104 Å². The van der Waals surface area contributed by atoms with E-state index in [1.807, 2.05) is 12.1 Å². The summed E-state index contributed by atoms with van der Waals surface area (Å²) >= 11 is 6.16. The van der Waals surface area contributed by atoms with Crippen molar-refractivity contribution in [1.29, 1.82) is 0 Å². The number of halogens is 1. The molecule has 1 amide bonds. The molecule has 166 valence electrons. The minimum absolute atomic E-state index is 0.00301. The Bertz CT molecular complexity index is 1070. The fraction of sp³-hybridized carbons (Fsp3) is 0.400. The maximum atomic E-state index is 12.8. The van der Waals surface area contributed by atoms with E-state index < -0.39 is 10.0 Å². The smallest absolute Gasteiger partial charge is 0.262 e. The Morgan fingerprint density at radius 2 is 2.00 bits per heavy atom. The Morgan fingerprint density at radius 1 is 1.23 bits per heavy atom. The highest BCUT2D eigenvalue weighted by atomic mass is 35.5. The molecular formula is C20H24ClN5O4S. The van der Waals surface area contributed by atoms with Gasteiger partial charge in [-0.1, -0.05) is 24.6 Å². The minimum atomic E-state index is -3.89. The fourth-order valence-electron chi connectivity index (χ4n) is 3.54. The fourth-order valence-corrected chi connectivity index (χ4v) is 5.10. The van der Waals surface area contributed by atoms with Crippen molar-refractivity contribution >= 4 is 39.0 Å². The lowest BCUT2D eigenvalue weighted by Crippen LogP contribution is -2.46. The van der Waals surface area contributed by atoms with Crippen molar-refractivity contribution in [2.45, 2.75) is 18.4 Å². The maximum absolute atomic E-state index is 12.8. The van der Waals surface area contributed by atoms with E-state index in [4.69, 9.17) is 16.3 Å².